The quantitative estimate of drug-likeness (QED) is 0.617. The molecule has 0 bridgehead atoms. The highest BCUT2D eigenvalue weighted by Crippen LogP contribution is 2.26. The summed E-state index contributed by atoms with van der Waals surface area (Å²) < 4.78 is 0. The van der Waals surface area contributed by atoms with Crippen molar-refractivity contribution in [3.63, 3.8) is 0 Å². The third-order valence-electron chi connectivity index (χ3n) is 2.73. The average molecular weight is 169 g/mol. The summed E-state index contributed by atoms with van der Waals surface area (Å²) in [6.07, 6.45) is 4.29. The van der Waals surface area contributed by atoms with E-state index in [2.05, 4.69) is 4.90 Å². The van der Waals surface area contributed by atoms with Crippen molar-refractivity contribution < 1.29 is 4.79 Å². The molecule has 0 heterocycles. The Balaban J connectivity index is 2.60. The van der Waals surface area contributed by atoms with Crippen molar-refractivity contribution in [1.29, 1.82) is 0 Å². The van der Waals surface area contributed by atoms with E-state index >= 15 is 0 Å². The maximum absolute atomic E-state index is 11.0. The molecule has 0 aliphatic heterocycles. The molecule has 3 nitrogen and oxygen atoms in total. The van der Waals surface area contributed by atoms with Crippen LogP contribution in [0.5, 0.6) is 0 Å². The maximum Gasteiger partial charge on any atom is 0.243 e. The molecule has 1 aliphatic carbocycles. The highest BCUT2D eigenvalue weighted by atomic mass is 16.1. The average Bonchev–Trinajstić information content (AvgIpc) is 2.04. The van der Waals surface area contributed by atoms with Crippen molar-refractivity contribution >= 4 is 5.91 Å². The second-order valence-corrected chi connectivity index (χ2v) is 3.79. The second-order valence-electron chi connectivity index (χ2n) is 3.79. The van der Waals surface area contributed by atoms with Gasteiger partial charge in [0.25, 0.3) is 0 Å². The molecule has 12 heavy (non-hydrogen) atoms. The molecule has 1 saturated carbocycles. The summed E-state index contributed by atoms with van der Waals surface area (Å²) in [6, 6.07) is 0.309. The molecule has 1 amide bonds. The van der Waals surface area contributed by atoms with E-state index in [9.17, 15) is 4.79 Å². The van der Waals surface area contributed by atoms with Gasteiger partial charge in [-0.15, -0.1) is 0 Å². The van der Waals surface area contributed by atoms with Crippen LogP contribution in [0.2, 0.25) is 0 Å². The molecule has 0 saturated heterocycles. The summed E-state index contributed by atoms with van der Waals surface area (Å²) >= 11 is 0. The van der Waals surface area contributed by atoms with Crippen LogP contribution in [-0.2, 0) is 4.79 Å². The van der Waals surface area contributed by atoms with Crippen molar-refractivity contribution in [1.82, 2.24) is 10.6 Å². The number of carbonyl (C=O) groups excluding carboxylic acids is 1. The van der Waals surface area contributed by atoms with Gasteiger partial charge in [0.15, 0.2) is 0 Å². The molecular formula is C9H17N2O. The number of hydrogen-bond acceptors (Lipinski definition) is 2. The summed E-state index contributed by atoms with van der Waals surface area (Å²) in [5, 5.41) is 0. The molecule has 0 aromatic heterocycles. The summed E-state index contributed by atoms with van der Waals surface area (Å²) in [5.41, 5.74) is 7.13. The number of hydrogen-bond donors (Lipinski definition) is 0. The number of nitrogens with one attached hydrogen (secondary N) is 1. The first-order chi connectivity index (χ1) is 5.63. The number of carbonyl (C=O) groups is 1. The molecule has 3 heteroatoms. The van der Waals surface area contributed by atoms with Gasteiger partial charge < -0.3 is 4.90 Å². The summed E-state index contributed by atoms with van der Waals surface area (Å²) in [4.78, 5) is 13.0. The minimum Gasteiger partial charge on any atom is -0.306 e. The number of rotatable bonds is 2. The molecule has 1 radical (unpaired) electrons. The molecule has 0 aromatic carbocycles. The Hall–Kier alpha value is -0.570. The lowest BCUT2D eigenvalue weighted by Gasteiger charge is -2.33. The fourth-order valence-electron chi connectivity index (χ4n) is 2.04. The van der Waals surface area contributed by atoms with Gasteiger partial charge in [-0.05, 0) is 26.9 Å². The fraction of sp³-hybridized carbons (Fsp3) is 0.889. The predicted octanol–water partition coefficient (Wildman–Crippen LogP) is 0.916. The zero-order valence-electron chi connectivity index (χ0n) is 7.84. The van der Waals surface area contributed by atoms with Crippen molar-refractivity contribution in [2.75, 3.05) is 14.1 Å². The molecule has 1 N–H and O–H groups in total. The van der Waals surface area contributed by atoms with Gasteiger partial charge in [-0.25, -0.2) is 0 Å². The molecular weight excluding hydrogens is 152 g/mol. The number of nitrogens with zero attached hydrogens (tertiary/aromatic N) is 1. The highest BCUT2D eigenvalue weighted by Gasteiger charge is 2.30. The first-order valence-electron chi connectivity index (χ1n) is 4.55. The van der Waals surface area contributed by atoms with Crippen LogP contribution in [0, 0.1) is 5.92 Å². The molecule has 2 atom stereocenters. The van der Waals surface area contributed by atoms with Gasteiger partial charge in [-0.1, -0.05) is 12.8 Å². The maximum atomic E-state index is 11.0. The Bertz CT molecular complexity index is 168. The third kappa shape index (κ3) is 1.97. The van der Waals surface area contributed by atoms with Crippen molar-refractivity contribution in [3.05, 3.63) is 0 Å². The van der Waals surface area contributed by atoms with E-state index in [0.717, 1.165) is 19.3 Å². The lowest BCUT2D eigenvalue weighted by Crippen LogP contribution is -2.41. The smallest absolute Gasteiger partial charge is 0.243 e. The highest BCUT2D eigenvalue weighted by molar-refractivity contribution is 5.76. The third-order valence-corrected chi connectivity index (χ3v) is 2.73. The van der Waals surface area contributed by atoms with Crippen LogP contribution in [0.1, 0.15) is 25.7 Å². The van der Waals surface area contributed by atoms with E-state index in [0.29, 0.717) is 6.04 Å². The Kier molecular flexibility index (Phi) is 3.09. The van der Waals surface area contributed by atoms with E-state index in [4.69, 9.17) is 5.73 Å². The van der Waals surface area contributed by atoms with Crippen LogP contribution < -0.4 is 5.73 Å². The largest absolute Gasteiger partial charge is 0.306 e. The molecule has 0 aromatic rings. The van der Waals surface area contributed by atoms with Gasteiger partial charge in [0.05, 0.1) is 5.92 Å². The molecule has 1 rings (SSSR count). The SMILES string of the molecule is CN(C)[C@H]1CCCC[C@@H]1C([NH])=O. The van der Waals surface area contributed by atoms with Crippen LogP contribution in [0.25, 0.3) is 0 Å². The predicted molar refractivity (Wildman–Crippen MR) is 47.5 cm³/mol. The van der Waals surface area contributed by atoms with Gasteiger partial charge >= 0.3 is 0 Å². The molecule has 0 unspecified atom stereocenters. The first kappa shape index (κ1) is 9.52. The Labute approximate surface area is 73.9 Å². The van der Waals surface area contributed by atoms with Crippen molar-refractivity contribution in [3.8, 4) is 0 Å². The van der Waals surface area contributed by atoms with Gasteiger partial charge in [-0.2, -0.15) is 0 Å². The van der Waals surface area contributed by atoms with E-state index in [1.807, 2.05) is 14.1 Å². The van der Waals surface area contributed by atoms with E-state index in [-0.39, 0.29) is 11.8 Å². The van der Waals surface area contributed by atoms with Crippen LogP contribution >= 0.6 is 0 Å². The van der Waals surface area contributed by atoms with E-state index < -0.39 is 0 Å². The Morgan fingerprint density at radius 2 is 1.92 bits per heavy atom. The summed E-state index contributed by atoms with van der Waals surface area (Å²) in [7, 11) is 3.98. The molecule has 69 valence electrons. The standard InChI is InChI=1S/C9H17N2O/c1-11(2)8-6-4-3-5-7(8)9(10)12/h7-8,10H,3-6H2,1-2H3/t7-,8-/m0/s1. The molecule has 0 spiro atoms. The lowest BCUT2D eigenvalue weighted by molar-refractivity contribution is -0.125. The van der Waals surface area contributed by atoms with Gasteiger partial charge in [-0.3, -0.25) is 10.5 Å². The molecule has 1 aliphatic rings. The minimum atomic E-state index is -0.381. The zero-order chi connectivity index (χ0) is 9.14. The lowest BCUT2D eigenvalue weighted by atomic mass is 9.83. The summed E-state index contributed by atoms with van der Waals surface area (Å²) in [6.45, 7) is 0. The van der Waals surface area contributed by atoms with Gasteiger partial charge in [0.1, 0.15) is 0 Å². The fourth-order valence-corrected chi connectivity index (χ4v) is 2.04. The minimum absolute atomic E-state index is 0.0336. The molecule has 1 fully saturated rings. The van der Waals surface area contributed by atoms with Crippen LogP contribution in [0.3, 0.4) is 0 Å². The van der Waals surface area contributed by atoms with Gasteiger partial charge in [0, 0.05) is 6.04 Å². The van der Waals surface area contributed by atoms with Gasteiger partial charge in [0.2, 0.25) is 5.91 Å². The van der Waals surface area contributed by atoms with E-state index in [1.165, 1.54) is 6.42 Å². The first-order valence-corrected chi connectivity index (χ1v) is 4.55. The Morgan fingerprint density at radius 3 is 2.33 bits per heavy atom. The second kappa shape index (κ2) is 3.90. The topological polar surface area (TPSA) is 44.1 Å². The van der Waals surface area contributed by atoms with Crippen LogP contribution in [0.4, 0.5) is 0 Å². The van der Waals surface area contributed by atoms with Crippen LogP contribution in [-0.4, -0.2) is 30.9 Å². The number of amides is 1. The van der Waals surface area contributed by atoms with E-state index in [1.54, 1.807) is 0 Å². The van der Waals surface area contributed by atoms with Crippen molar-refractivity contribution in [2.45, 2.75) is 31.7 Å². The normalized spacial score (nSPS) is 30.6. The summed E-state index contributed by atoms with van der Waals surface area (Å²) in [5.74, 6) is -0.415. The monoisotopic (exact) mass is 169 g/mol. The van der Waals surface area contributed by atoms with Crippen LogP contribution in [0.15, 0.2) is 0 Å². The zero-order valence-corrected chi connectivity index (χ0v) is 7.84. The Morgan fingerprint density at radius 1 is 1.33 bits per heavy atom. The van der Waals surface area contributed by atoms with Crippen molar-refractivity contribution in [2.24, 2.45) is 5.92 Å².